The molecule has 36 heavy (non-hydrogen) atoms. The number of hydrogen-bond acceptors (Lipinski definition) is 4. The maximum absolute atomic E-state index is 14.7. The second kappa shape index (κ2) is 10.3. The maximum Gasteiger partial charge on any atom is 0.501 e. The number of rotatable bonds is 12. The summed E-state index contributed by atoms with van der Waals surface area (Å²) in [6.07, 6.45) is -6.18. The zero-order valence-corrected chi connectivity index (χ0v) is 19.4. The molecule has 0 radical (unpaired) electrons. The Hall–Kier alpha value is -1.56. The third-order valence-corrected chi connectivity index (χ3v) is 6.73. The molecule has 0 bridgehead atoms. The van der Waals surface area contributed by atoms with E-state index in [1.165, 1.54) is 27.7 Å². The van der Waals surface area contributed by atoms with Crippen molar-refractivity contribution in [1.82, 2.24) is 0 Å². The molecule has 4 nitrogen and oxygen atoms in total. The molecular formula is C17H20F14O4S. The van der Waals surface area contributed by atoms with Gasteiger partial charge in [-0.1, -0.05) is 27.7 Å². The highest BCUT2D eigenvalue weighted by Crippen LogP contribution is 2.62. The smallest absolute Gasteiger partial charge is 0.459 e. The molecule has 0 heterocycles. The summed E-state index contributed by atoms with van der Waals surface area (Å²) in [7, 11) is -9.14. The second-order valence-corrected chi connectivity index (χ2v) is 10.4. The Labute approximate surface area is 195 Å². The standard InChI is InChI=1S/C17H20F14O4S/c1-7(2)5-9(8(3)4)10(32)35-6-12(20,21)14(24,25)16(28,36(33,34)17(29,30)31)15(26,27)13(22,23)11(18)19/h7-9,11H,5-6H2,1-4H3. The first-order chi connectivity index (χ1) is 15.6. The molecule has 0 rings (SSSR count). The molecule has 0 saturated carbocycles. The molecule has 0 aliphatic carbocycles. The maximum atomic E-state index is 14.7. The fourth-order valence-corrected chi connectivity index (χ4v) is 4.07. The molecule has 0 aliphatic heterocycles. The molecular weight excluding hydrogens is 566 g/mol. The van der Waals surface area contributed by atoms with E-state index in [0.717, 1.165) is 0 Å². The monoisotopic (exact) mass is 586 g/mol. The van der Waals surface area contributed by atoms with E-state index in [1.807, 2.05) is 0 Å². The van der Waals surface area contributed by atoms with Crippen LogP contribution in [0.5, 0.6) is 0 Å². The molecule has 19 heteroatoms. The van der Waals surface area contributed by atoms with Gasteiger partial charge in [-0.15, -0.1) is 0 Å². The number of sulfone groups is 1. The van der Waals surface area contributed by atoms with Gasteiger partial charge in [0.25, 0.3) is 9.84 Å². The van der Waals surface area contributed by atoms with E-state index in [0.29, 0.717) is 0 Å². The molecule has 0 fully saturated rings. The van der Waals surface area contributed by atoms with Crippen LogP contribution in [0.2, 0.25) is 0 Å². The molecule has 0 N–H and O–H groups in total. The first kappa shape index (κ1) is 34.4. The molecule has 0 amide bonds. The Balaban J connectivity index is 6.89. The summed E-state index contributed by atoms with van der Waals surface area (Å²) in [4.78, 5) is 12.0. The lowest BCUT2D eigenvalue weighted by Crippen LogP contribution is -2.75. The van der Waals surface area contributed by atoms with Crippen molar-refractivity contribution >= 4 is 15.8 Å². The number of hydrogen-bond donors (Lipinski definition) is 0. The average molecular weight is 586 g/mol. The highest BCUT2D eigenvalue weighted by atomic mass is 32.2. The van der Waals surface area contributed by atoms with E-state index in [1.54, 1.807) is 0 Å². The predicted octanol–water partition coefficient (Wildman–Crippen LogP) is 6.25. The molecule has 216 valence electrons. The van der Waals surface area contributed by atoms with Crippen molar-refractivity contribution in [2.45, 2.75) is 74.7 Å². The van der Waals surface area contributed by atoms with Crippen molar-refractivity contribution in [3.8, 4) is 0 Å². The number of esters is 1. The van der Waals surface area contributed by atoms with Crippen LogP contribution >= 0.6 is 0 Å². The van der Waals surface area contributed by atoms with Gasteiger partial charge in [0.05, 0.1) is 5.92 Å². The van der Waals surface area contributed by atoms with Crippen LogP contribution in [0.25, 0.3) is 0 Å². The van der Waals surface area contributed by atoms with Gasteiger partial charge in [0.1, 0.15) is 0 Å². The Kier molecular flexibility index (Phi) is 9.86. The third kappa shape index (κ3) is 5.49. The van der Waals surface area contributed by atoms with Crippen molar-refractivity contribution in [2.24, 2.45) is 17.8 Å². The second-order valence-electron chi connectivity index (χ2n) is 8.41. The minimum Gasteiger partial charge on any atom is -0.459 e. The van der Waals surface area contributed by atoms with E-state index in [9.17, 15) is 74.7 Å². The van der Waals surface area contributed by atoms with Crippen LogP contribution < -0.4 is 0 Å². The summed E-state index contributed by atoms with van der Waals surface area (Å²) < 4.78 is 215. The van der Waals surface area contributed by atoms with Crippen molar-refractivity contribution in [3.05, 3.63) is 0 Å². The summed E-state index contributed by atoms with van der Waals surface area (Å²) in [6.45, 7) is 2.26. The fourth-order valence-electron chi connectivity index (χ4n) is 2.79. The molecule has 2 atom stereocenters. The zero-order chi connectivity index (χ0) is 29.5. The van der Waals surface area contributed by atoms with Gasteiger partial charge in [-0.05, 0) is 18.3 Å². The van der Waals surface area contributed by atoms with Crippen molar-refractivity contribution in [2.75, 3.05) is 6.61 Å². The van der Waals surface area contributed by atoms with Crippen LogP contribution in [0.3, 0.4) is 0 Å². The van der Waals surface area contributed by atoms with Gasteiger partial charge in [-0.3, -0.25) is 4.79 Å². The van der Waals surface area contributed by atoms with Crippen molar-refractivity contribution in [3.63, 3.8) is 0 Å². The van der Waals surface area contributed by atoms with Gasteiger partial charge in [0.2, 0.25) is 0 Å². The van der Waals surface area contributed by atoms with Gasteiger partial charge in [-0.25, -0.2) is 21.6 Å². The van der Waals surface area contributed by atoms with E-state index in [-0.39, 0.29) is 12.3 Å². The molecule has 0 aromatic carbocycles. The van der Waals surface area contributed by atoms with Crippen LogP contribution in [0.1, 0.15) is 34.1 Å². The number of halogens is 14. The first-order valence-electron chi connectivity index (χ1n) is 9.53. The highest BCUT2D eigenvalue weighted by molar-refractivity contribution is 7.93. The van der Waals surface area contributed by atoms with Gasteiger partial charge < -0.3 is 4.74 Å². The number of carbonyl (C=O) groups excluding carboxylic acids is 1. The van der Waals surface area contributed by atoms with E-state index in [4.69, 9.17) is 0 Å². The molecule has 0 spiro atoms. The topological polar surface area (TPSA) is 60.4 Å². The lowest BCUT2D eigenvalue weighted by Gasteiger charge is -2.43. The normalized spacial score (nSPS) is 17.5. The number of alkyl halides is 14. The SMILES string of the molecule is CC(C)CC(C(=O)OCC(F)(F)C(F)(F)C(F)(C(F)(F)C(F)(F)C(F)F)S(=O)(=O)C(F)(F)F)C(C)C. The van der Waals surface area contributed by atoms with Crippen LogP contribution in [0, 0.1) is 17.8 Å². The molecule has 0 aromatic heterocycles. The fraction of sp³-hybridized carbons (Fsp3) is 0.941. The van der Waals surface area contributed by atoms with Crippen LogP contribution in [0.15, 0.2) is 0 Å². The quantitative estimate of drug-likeness (QED) is 0.200. The lowest BCUT2D eigenvalue weighted by molar-refractivity contribution is -0.356. The minimum atomic E-state index is -9.14. The van der Waals surface area contributed by atoms with E-state index < -0.39 is 74.9 Å². The molecule has 0 aliphatic rings. The van der Waals surface area contributed by atoms with Gasteiger partial charge in [0, 0.05) is 0 Å². The lowest BCUT2D eigenvalue weighted by atomic mass is 9.88. The third-order valence-electron chi connectivity index (χ3n) is 4.86. The van der Waals surface area contributed by atoms with Crippen LogP contribution in [-0.2, 0) is 19.4 Å². The van der Waals surface area contributed by atoms with E-state index in [2.05, 4.69) is 4.74 Å². The van der Waals surface area contributed by atoms with Crippen molar-refractivity contribution < 1.29 is 79.4 Å². The van der Waals surface area contributed by atoms with Crippen LogP contribution in [-0.4, -0.2) is 61.6 Å². The molecule has 0 aromatic rings. The first-order valence-corrected chi connectivity index (χ1v) is 11.0. The Morgan fingerprint density at radius 1 is 0.778 bits per heavy atom. The summed E-state index contributed by atoms with van der Waals surface area (Å²) in [5, 5.41) is -8.41. The summed E-state index contributed by atoms with van der Waals surface area (Å²) in [5.41, 5.74) is -7.69. The Morgan fingerprint density at radius 3 is 1.50 bits per heavy atom. The predicted molar refractivity (Wildman–Crippen MR) is 93.3 cm³/mol. The summed E-state index contributed by atoms with van der Waals surface area (Å²) in [5.74, 6) is -35.2. The Morgan fingerprint density at radius 2 is 1.19 bits per heavy atom. The van der Waals surface area contributed by atoms with Crippen LogP contribution in [0.4, 0.5) is 61.5 Å². The van der Waals surface area contributed by atoms with E-state index >= 15 is 0 Å². The van der Waals surface area contributed by atoms with Gasteiger partial charge >= 0.3 is 46.6 Å². The number of carbonyl (C=O) groups is 1. The number of ether oxygens (including phenoxy) is 1. The molecule has 2 unspecified atom stereocenters. The zero-order valence-electron chi connectivity index (χ0n) is 18.6. The summed E-state index contributed by atoms with van der Waals surface area (Å²) in [6, 6.07) is 0. The Bertz CT molecular complexity index is 882. The molecule has 0 saturated heterocycles. The largest absolute Gasteiger partial charge is 0.501 e. The van der Waals surface area contributed by atoms with Gasteiger partial charge in [-0.2, -0.15) is 48.3 Å². The van der Waals surface area contributed by atoms with Crippen molar-refractivity contribution in [1.29, 1.82) is 0 Å². The summed E-state index contributed by atoms with van der Waals surface area (Å²) >= 11 is 0. The minimum absolute atomic E-state index is 0.174. The van der Waals surface area contributed by atoms with Gasteiger partial charge in [0.15, 0.2) is 6.61 Å². The highest BCUT2D eigenvalue weighted by Gasteiger charge is 2.94. The average Bonchev–Trinajstić information content (AvgIpc) is 2.67.